The monoisotopic (exact) mass is 338 g/mol. The quantitative estimate of drug-likeness (QED) is 0.876. The van der Waals surface area contributed by atoms with E-state index in [1.54, 1.807) is 12.1 Å². The topological polar surface area (TPSA) is 41.3 Å². The van der Waals surface area contributed by atoms with E-state index in [0.29, 0.717) is 6.04 Å². The average Bonchev–Trinajstić information content (AvgIpc) is 2.54. The third kappa shape index (κ3) is 4.37. The summed E-state index contributed by atoms with van der Waals surface area (Å²) in [6.45, 7) is 3.13. The first-order valence-electron chi connectivity index (χ1n) is 8.59. The van der Waals surface area contributed by atoms with Gasteiger partial charge in [0.1, 0.15) is 5.82 Å². The summed E-state index contributed by atoms with van der Waals surface area (Å²) in [7, 11) is 0. The molecule has 0 spiro atoms. The molecule has 1 radical (unpaired) electrons. The van der Waals surface area contributed by atoms with Gasteiger partial charge in [0.05, 0.1) is 10.6 Å². The van der Waals surface area contributed by atoms with Crippen molar-refractivity contribution in [2.24, 2.45) is 5.73 Å². The Hall–Kier alpha value is -0.840. The Labute approximate surface area is 143 Å². The second kappa shape index (κ2) is 7.37. The average molecular weight is 339 g/mol. The number of anilines is 1. The Morgan fingerprint density at radius 1 is 1.35 bits per heavy atom. The van der Waals surface area contributed by atoms with Crippen molar-refractivity contribution in [2.45, 2.75) is 50.1 Å². The van der Waals surface area contributed by atoms with Crippen LogP contribution in [0.25, 0.3) is 0 Å². The van der Waals surface area contributed by atoms with Gasteiger partial charge in [-0.15, -0.1) is 0 Å². The van der Waals surface area contributed by atoms with Crippen LogP contribution >= 0.6 is 11.6 Å². The second-order valence-corrected chi connectivity index (χ2v) is 7.44. The molecule has 2 aliphatic rings. The minimum atomic E-state index is -0.369. The molecule has 1 aromatic carbocycles. The summed E-state index contributed by atoms with van der Waals surface area (Å²) < 4.78 is 13.4. The molecule has 1 aromatic rings. The van der Waals surface area contributed by atoms with Crippen LogP contribution in [-0.4, -0.2) is 36.1 Å². The molecule has 5 heteroatoms. The van der Waals surface area contributed by atoms with Crippen LogP contribution < -0.4 is 11.1 Å². The fourth-order valence-corrected chi connectivity index (χ4v) is 3.96. The SMILES string of the molecule is NC1CCN(CC2(Nc3ccc(F)c(Cl)c3)C[CH]CCC2)CC1. The highest BCUT2D eigenvalue weighted by Crippen LogP contribution is 2.33. The maximum Gasteiger partial charge on any atom is 0.141 e. The molecule has 3 nitrogen and oxygen atoms in total. The van der Waals surface area contributed by atoms with Gasteiger partial charge in [-0.25, -0.2) is 4.39 Å². The number of rotatable bonds is 4. The highest BCUT2D eigenvalue weighted by molar-refractivity contribution is 6.31. The molecule has 0 amide bonds. The second-order valence-electron chi connectivity index (χ2n) is 7.03. The van der Waals surface area contributed by atoms with E-state index in [2.05, 4.69) is 16.6 Å². The van der Waals surface area contributed by atoms with Gasteiger partial charge in [0.25, 0.3) is 0 Å². The number of hydrogen-bond acceptors (Lipinski definition) is 3. The standard InChI is InChI=1S/C18H26ClFN3/c19-16-12-15(4-5-17(16)20)22-18(8-2-1-3-9-18)13-23-10-6-14(21)7-11-23/h2,4-5,12,14,22H,1,3,6-11,13,21H2. The lowest BCUT2D eigenvalue weighted by atomic mass is 9.80. The minimum Gasteiger partial charge on any atom is -0.378 e. The van der Waals surface area contributed by atoms with Gasteiger partial charge in [-0.2, -0.15) is 0 Å². The van der Waals surface area contributed by atoms with Crippen molar-refractivity contribution in [1.29, 1.82) is 0 Å². The van der Waals surface area contributed by atoms with Crippen LogP contribution in [0.5, 0.6) is 0 Å². The van der Waals surface area contributed by atoms with E-state index in [1.165, 1.54) is 18.9 Å². The molecule has 1 saturated heterocycles. The summed E-state index contributed by atoms with van der Waals surface area (Å²) in [5, 5.41) is 3.84. The van der Waals surface area contributed by atoms with E-state index < -0.39 is 0 Å². The van der Waals surface area contributed by atoms with Crippen molar-refractivity contribution in [3.05, 3.63) is 35.5 Å². The minimum absolute atomic E-state index is 0.0147. The van der Waals surface area contributed by atoms with E-state index in [9.17, 15) is 4.39 Å². The van der Waals surface area contributed by atoms with Crippen molar-refractivity contribution >= 4 is 17.3 Å². The Morgan fingerprint density at radius 3 is 2.78 bits per heavy atom. The lowest BCUT2D eigenvalue weighted by Crippen LogP contribution is -2.53. The van der Waals surface area contributed by atoms with E-state index >= 15 is 0 Å². The van der Waals surface area contributed by atoms with Crippen LogP contribution in [0.15, 0.2) is 18.2 Å². The normalized spacial score (nSPS) is 22.9. The van der Waals surface area contributed by atoms with Gasteiger partial charge in [-0.3, -0.25) is 0 Å². The molecule has 1 aliphatic carbocycles. The maximum absolute atomic E-state index is 13.4. The van der Waals surface area contributed by atoms with E-state index in [-0.39, 0.29) is 16.4 Å². The van der Waals surface area contributed by atoms with E-state index in [0.717, 1.165) is 51.0 Å². The highest BCUT2D eigenvalue weighted by atomic mass is 35.5. The predicted octanol–water partition coefficient (Wildman–Crippen LogP) is 3.83. The lowest BCUT2D eigenvalue weighted by Gasteiger charge is -2.44. The van der Waals surface area contributed by atoms with Crippen LogP contribution in [0.4, 0.5) is 10.1 Å². The molecule has 3 rings (SSSR count). The summed E-state index contributed by atoms with van der Waals surface area (Å²) in [4.78, 5) is 2.51. The number of benzene rings is 1. The summed E-state index contributed by atoms with van der Waals surface area (Å²) >= 11 is 5.94. The van der Waals surface area contributed by atoms with Gasteiger partial charge in [-0.05, 0) is 63.4 Å². The molecule has 1 aliphatic heterocycles. The Kier molecular flexibility index (Phi) is 5.45. The molecule has 23 heavy (non-hydrogen) atoms. The molecular formula is C18H26ClFN3. The van der Waals surface area contributed by atoms with Crippen LogP contribution in [0.1, 0.15) is 38.5 Å². The highest BCUT2D eigenvalue weighted by Gasteiger charge is 2.34. The van der Waals surface area contributed by atoms with Crippen LogP contribution in [-0.2, 0) is 0 Å². The van der Waals surface area contributed by atoms with Crippen molar-refractivity contribution in [3.8, 4) is 0 Å². The molecule has 127 valence electrons. The lowest BCUT2D eigenvalue weighted by molar-refractivity contribution is 0.163. The molecule has 0 bridgehead atoms. The summed E-state index contributed by atoms with van der Waals surface area (Å²) in [5.74, 6) is -0.369. The number of nitrogens with zero attached hydrogens (tertiary/aromatic N) is 1. The summed E-state index contributed by atoms with van der Waals surface area (Å²) in [5.41, 5.74) is 6.94. The zero-order valence-electron chi connectivity index (χ0n) is 13.5. The number of piperidine rings is 1. The molecule has 3 N–H and O–H groups in total. The molecular weight excluding hydrogens is 313 g/mol. The first-order valence-corrected chi connectivity index (χ1v) is 8.97. The largest absolute Gasteiger partial charge is 0.378 e. The van der Waals surface area contributed by atoms with Gasteiger partial charge in [-0.1, -0.05) is 24.4 Å². The van der Waals surface area contributed by atoms with Crippen molar-refractivity contribution in [1.82, 2.24) is 4.90 Å². The van der Waals surface area contributed by atoms with Crippen molar-refractivity contribution in [2.75, 3.05) is 25.0 Å². The Balaban J connectivity index is 1.72. The first-order chi connectivity index (χ1) is 11.1. The van der Waals surface area contributed by atoms with Gasteiger partial charge in [0.2, 0.25) is 0 Å². The van der Waals surface area contributed by atoms with Gasteiger partial charge in [0, 0.05) is 18.3 Å². The zero-order valence-corrected chi connectivity index (χ0v) is 14.3. The van der Waals surface area contributed by atoms with Gasteiger partial charge >= 0.3 is 0 Å². The smallest absolute Gasteiger partial charge is 0.141 e. The third-order valence-electron chi connectivity index (χ3n) is 5.09. The molecule has 1 atom stereocenters. The maximum atomic E-state index is 13.4. The number of likely N-dealkylation sites (tertiary alicyclic amines) is 1. The van der Waals surface area contributed by atoms with Gasteiger partial charge in [0.15, 0.2) is 0 Å². The Morgan fingerprint density at radius 2 is 2.13 bits per heavy atom. The number of nitrogens with one attached hydrogen (secondary N) is 1. The molecule has 0 aromatic heterocycles. The summed E-state index contributed by atoms with van der Waals surface area (Å²) in [6.07, 6.45) is 9.04. The zero-order chi connectivity index (χ0) is 16.3. The molecule has 1 unspecified atom stereocenters. The third-order valence-corrected chi connectivity index (χ3v) is 5.38. The fraction of sp³-hybridized carbons (Fsp3) is 0.611. The number of nitrogens with two attached hydrogens (primary N) is 1. The van der Waals surface area contributed by atoms with Crippen LogP contribution in [0, 0.1) is 12.2 Å². The van der Waals surface area contributed by atoms with E-state index in [1.807, 2.05) is 0 Å². The first kappa shape index (κ1) is 17.0. The number of hydrogen-bond donors (Lipinski definition) is 2. The summed E-state index contributed by atoms with van der Waals surface area (Å²) in [6, 6.07) is 5.26. The molecule has 2 fully saturated rings. The van der Waals surface area contributed by atoms with Crippen LogP contribution in [0.2, 0.25) is 5.02 Å². The van der Waals surface area contributed by atoms with Crippen LogP contribution in [0.3, 0.4) is 0 Å². The predicted molar refractivity (Wildman–Crippen MR) is 94.2 cm³/mol. The van der Waals surface area contributed by atoms with Gasteiger partial charge < -0.3 is 16.0 Å². The fourth-order valence-electron chi connectivity index (χ4n) is 3.78. The van der Waals surface area contributed by atoms with Crippen molar-refractivity contribution in [3.63, 3.8) is 0 Å². The molecule has 1 heterocycles. The van der Waals surface area contributed by atoms with Crippen molar-refractivity contribution < 1.29 is 4.39 Å². The van der Waals surface area contributed by atoms with E-state index in [4.69, 9.17) is 17.3 Å². The Bertz CT molecular complexity index is 523. The molecule has 1 saturated carbocycles. The number of halogens is 2.